The number of aliphatic imine (C=N–C) groups is 1. The van der Waals surface area contributed by atoms with Crippen molar-refractivity contribution in [3.63, 3.8) is 0 Å². The summed E-state index contributed by atoms with van der Waals surface area (Å²) in [6.45, 7) is 13.5. The lowest BCUT2D eigenvalue weighted by atomic mass is 10.1. The highest BCUT2D eigenvalue weighted by Crippen LogP contribution is 2.22. The molecule has 0 radical (unpaired) electrons. The minimum absolute atomic E-state index is 0.0488. The van der Waals surface area contributed by atoms with Crippen LogP contribution in [0.25, 0.3) is 0 Å². The van der Waals surface area contributed by atoms with Gasteiger partial charge in [-0.1, -0.05) is 32.0 Å². The highest BCUT2D eigenvalue weighted by atomic mass is 16.5. The maximum absolute atomic E-state index is 12.1. The Morgan fingerprint density at radius 1 is 1.33 bits per heavy atom. The number of para-hydroxylation sites is 1. The van der Waals surface area contributed by atoms with Crippen LogP contribution in [-0.4, -0.2) is 55.6 Å². The van der Waals surface area contributed by atoms with E-state index >= 15 is 0 Å². The molecule has 0 saturated carbocycles. The predicted octanol–water partition coefficient (Wildman–Crippen LogP) is 2.49. The largest absolute Gasteiger partial charge is 0.491 e. The number of hydrogen-bond donors (Lipinski definition) is 2. The first-order valence-electron chi connectivity index (χ1n) is 9.95. The van der Waals surface area contributed by atoms with Crippen LogP contribution in [-0.2, 0) is 4.79 Å². The predicted molar refractivity (Wildman–Crippen MR) is 110 cm³/mol. The van der Waals surface area contributed by atoms with Gasteiger partial charge in [-0.3, -0.25) is 4.79 Å². The Hall–Kier alpha value is -2.24. The number of guanidine groups is 1. The van der Waals surface area contributed by atoms with E-state index in [4.69, 9.17) is 4.74 Å². The lowest BCUT2D eigenvalue weighted by Crippen LogP contribution is -2.45. The molecule has 1 aromatic rings. The van der Waals surface area contributed by atoms with Gasteiger partial charge in [-0.05, 0) is 38.3 Å². The minimum atomic E-state index is 0.0488. The summed E-state index contributed by atoms with van der Waals surface area (Å²) < 4.78 is 5.93. The molecule has 6 heteroatoms. The van der Waals surface area contributed by atoms with Crippen LogP contribution in [0.4, 0.5) is 0 Å². The number of likely N-dealkylation sites (tertiary alicyclic amines) is 1. The Labute approximate surface area is 163 Å². The van der Waals surface area contributed by atoms with Crippen LogP contribution < -0.4 is 15.4 Å². The van der Waals surface area contributed by atoms with Gasteiger partial charge in [0.05, 0.1) is 6.54 Å². The summed E-state index contributed by atoms with van der Waals surface area (Å²) in [5.41, 5.74) is 2.29. The number of nitrogens with one attached hydrogen (secondary N) is 2. The van der Waals surface area contributed by atoms with E-state index in [-0.39, 0.29) is 17.9 Å². The lowest BCUT2D eigenvalue weighted by Gasteiger charge is -2.20. The Morgan fingerprint density at radius 3 is 2.67 bits per heavy atom. The van der Waals surface area contributed by atoms with E-state index in [0.29, 0.717) is 13.2 Å². The highest BCUT2D eigenvalue weighted by Gasteiger charge is 2.27. The van der Waals surface area contributed by atoms with Crippen molar-refractivity contribution in [1.29, 1.82) is 0 Å². The molecule has 1 saturated heterocycles. The zero-order valence-corrected chi connectivity index (χ0v) is 17.3. The van der Waals surface area contributed by atoms with E-state index in [1.807, 2.05) is 31.7 Å². The van der Waals surface area contributed by atoms with Crippen LogP contribution in [0.15, 0.2) is 23.2 Å². The summed E-state index contributed by atoms with van der Waals surface area (Å²) in [7, 11) is 0. The minimum Gasteiger partial charge on any atom is -0.491 e. The molecule has 6 nitrogen and oxygen atoms in total. The third-order valence-electron chi connectivity index (χ3n) is 4.70. The van der Waals surface area contributed by atoms with E-state index < -0.39 is 0 Å². The average Bonchev–Trinajstić information content (AvgIpc) is 3.08. The summed E-state index contributed by atoms with van der Waals surface area (Å²) in [5, 5.41) is 6.73. The first-order chi connectivity index (χ1) is 12.9. The first-order valence-corrected chi connectivity index (χ1v) is 9.95. The summed E-state index contributed by atoms with van der Waals surface area (Å²) in [4.78, 5) is 18.7. The second-order valence-electron chi connectivity index (χ2n) is 7.40. The maximum Gasteiger partial charge on any atom is 0.225 e. The van der Waals surface area contributed by atoms with Crippen molar-refractivity contribution >= 4 is 11.9 Å². The molecule has 2 rings (SSSR count). The van der Waals surface area contributed by atoms with E-state index in [1.165, 1.54) is 0 Å². The average molecular weight is 375 g/mol. The van der Waals surface area contributed by atoms with Gasteiger partial charge in [-0.15, -0.1) is 0 Å². The molecule has 1 aliphatic heterocycles. The second kappa shape index (κ2) is 10.2. The standard InChI is InChI=1S/C21H34N4O2/c1-6-22-21(24-18-10-12-25(14-18)20(26)15(2)3)23-11-13-27-19-16(4)8-7-9-17(19)5/h7-9,15,18H,6,10-14H2,1-5H3,(H2,22,23,24). The monoisotopic (exact) mass is 374 g/mol. The van der Waals surface area contributed by atoms with Gasteiger partial charge in [-0.2, -0.15) is 0 Å². The quantitative estimate of drug-likeness (QED) is 0.437. The summed E-state index contributed by atoms with van der Waals surface area (Å²) in [5.74, 6) is 2.01. The van der Waals surface area contributed by atoms with Gasteiger partial charge in [0.1, 0.15) is 12.4 Å². The third-order valence-corrected chi connectivity index (χ3v) is 4.70. The Balaban J connectivity index is 1.85. The number of aryl methyl sites for hydroxylation is 2. The molecule has 2 N–H and O–H groups in total. The molecule has 0 aromatic heterocycles. The molecular weight excluding hydrogens is 340 g/mol. The molecule has 1 aromatic carbocycles. The molecule has 1 amide bonds. The van der Waals surface area contributed by atoms with Crippen LogP contribution in [0.2, 0.25) is 0 Å². The number of carbonyl (C=O) groups excluding carboxylic acids is 1. The van der Waals surface area contributed by atoms with Crippen LogP contribution in [0, 0.1) is 19.8 Å². The van der Waals surface area contributed by atoms with Crippen LogP contribution in [0.3, 0.4) is 0 Å². The summed E-state index contributed by atoms with van der Waals surface area (Å²) in [6.07, 6.45) is 0.946. The molecule has 1 heterocycles. The summed E-state index contributed by atoms with van der Waals surface area (Å²) in [6, 6.07) is 6.39. The van der Waals surface area contributed by atoms with Crippen molar-refractivity contribution in [3.8, 4) is 5.75 Å². The molecule has 1 aliphatic rings. The maximum atomic E-state index is 12.1. The highest BCUT2D eigenvalue weighted by molar-refractivity contribution is 5.81. The van der Waals surface area contributed by atoms with Crippen LogP contribution in [0.5, 0.6) is 5.75 Å². The number of amides is 1. The molecule has 0 aliphatic carbocycles. The summed E-state index contributed by atoms with van der Waals surface area (Å²) >= 11 is 0. The Kier molecular flexibility index (Phi) is 7.95. The van der Waals surface area contributed by atoms with Gasteiger partial charge in [0.2, 0.25) is 5.91 Å². The van der Waals surface area contributed by atoms with E-state index in [0.717, 1.165) is 48.9 Å². The van der Waals surface area contributed by atoms with Crippen LogP contribution >= 0.6 is 0 Å². The number of hydrogen-bond acceptors (Lipinski definition) is 3. The Morgan fingerprint density at radius 2 is 2.04 bits per heavy atom. The van der Waals surface area contributed by atoms with Gasteiger partial charge in [0.15, 0.2) is 5.96 Å². The van der Waals surface area contributed by atoms with E-state index in [9.17, 15) is 4.79 Å². The number of rotatable bonds is 7. The van der Waals surface area contributed by atoms with Crippen molar-refractivity contribution in [1.82, 2.24) is 15.5 Å². The zero-order valence-electron chi connectivity index (χ0n) is 17.3. The van der Waals surface area contributed by atoms with Crippen molar-refractivity contribution in [2.45, 2.75) is 47.1 Å². The molecule has 1 atom stereocenters. The molecule has 150 valence electrons. The molecule has 27 heavy (non-hydrogen) atoms. The number of carbonyl (C=O) groups is 1. The van der Waals surface area contributed by atoms with Gasteiger partial charge < -0.3 is 20.3 Å². The first kappa shape index (κ1) is 21.1. The smallest absolute Gasteiger partial charge is 0.225 e. The van der Waals surface area contributed by atoms with Gasteiger partial charge in [-0.25, -0.2) is 4.99 Å². The number of benzene rings is 1. The fourth-order valence-corrected chi connectivity index (χ4v) is 3.29. The van der Waals surface area contributed by atoms with Crippen molar-refractivity contribution in [2.24, 2.45) is 10.9 Å². The molecule has 0 bridgehead atoms. The van der Waals surface area contributed by atoms with Gasteiger partial charge in [0.25, 0.3) is 0 Å². The number of ether oxygens (including phenoxy) is 1. The lowest BCUT2D eigenvalue weighted by molar-refractivity contribution is -0.133. The third kappa shape index (κ3) is 6.15. The van der Waals surface area contributed by atoms with Gasteiger partial charge in [0, 0.05) is 31.6 Å². The molecular formula is C21H34N4O2. The van der Waals surface area contributed by atoms with Gasteiger partial charge >= 0.3 is 0 Å². The SMILES string of the molecule is CCNC(=NCCOc1c(C)cccc1C)NC1CCN(C(=O)C(C)C)C1. The van der Waals surface area contributed by atoms with Crippen molar-refractivity contribution < 1.29 is 9.53 Å². The number of nitrogens with zero attached hydrogens (tertiary/aromatic N) is 2. The van der Waals surface area contributed by atoms with Crippen molar-refractivity contribution in [3.05, 3.63) is 29.3 Å². The topological polar surface area (TPSA) is 66.0 Å². The van der Waals surface area contributed by atoms with Crippen molar-refractivity contribution in [2.75, 3.05) is 32.8 Å². The zero-order chi connectivity index (χ0) is 19.8. The van der Waals surface area contributed by atoms with Crippen LogP contribution in [0.1, 0.15) is 38.3 Å². The van der Waals surface area contributed by atoms with E-state index in [2.05, 4.69) is 41.6 Å². The molecule has 1 unspecified atom stereocenters. The normalized spacial score (nSPS) is 17.3. The fraction of sp³-hybridized carbons (Fsp3) is 0.619. The fourth-order valence-electron chi connectivity index (χ4n) is 3.29. The molecule has 1 fully saturated rings. The molecule has 0 spiro atoms. The second-order valence-corrected chi connectivity index (χ2v) is 7.40. The van der Waals surface area contributed by atoms with E-state index in [1.54, 1.807) is 0 Å². The Bertz CT molecular complexity index is 637.